The molecule has 3 aromatic rings. The van der Waals surface area contributed by atoms with Crippen LogP contribution in [-0.2, 0) is 4.74 Å². The van der Waals surface area contributed by atoms with Crippen molar-refractivity contribution in [2.24, 2.45) is 0 Å². The summed E-state index contributed by atoms with van der Waals surface area (Å²) in [6.07, 6.45) is 0.721. The van der Waals surface area contributed by atoms with Crippen LogP contribution in [0.5, 0.6) is 5.75 Å². The monoisotopic (exact) mass is 498 g/mol. The number of hydrogen-bond donors (Lipinski definition) is 1. The number of thiazole rings is 1. The second-order valence-electron chi connectivity index (χ2n) is 7.99. The number of halogens is 1. The highest BCUT2D eigenvalue weighted by molar-refractivity contribution is 7.14. The fourth-order valence-corrected chi connectivity index (χ4v) is 4.50. The summed E-state index contributed by atoms with van der Waals surface area (Å²) in [6, 6.07) is 13.2. The molecule has 1 fully saturated rings. The molecule has 1 amide bonds. The van der Waals surface area contributed by atoms with E-state index in [2.05, 4.69) is 26.2 Å². The molecule has 0 radical (unpaired) electrons. The second-order valence-corrected chi connectivity index (χ2v) is 8.85. The number of rotatable bonds is 9. The molecule has 35 heavy (non-hydrogen) atoms. The van der Waals surface area contributed by atoms with Gasteiger partial charge in [0.15, 0.2) is 10.8 Å². The number of carbonyl (C=O) groups is 2. The molecular weight excluding hydrogens is 471 g/mol. The number of anilines is 2. The lowest BCUT2D eigenvalue weighted by Crippen LogP contribution is -2.46. The van der Waals surface area contributed by atoms with Crippen LogP contribution in [0.1, 0.15) is 27.3 Å². The molecule has 0 bridgehead atoms. The second kappa shape index (κ2) is 11.8. The predicted molar refractivity (Wildman–Crippen MR) is 133 cm³/mol. The predicted octanol–water partition coefficient (Wildman–Crippen LogP) is 3.91. The van der Waals surface area contributed by atoms with Gasteiger partial charge in [-0.1, -0.05) is 12.1 Å². The van der Waals surface area contributed by atoms with Crippen LogP contribution in [0.25, 0.3) is 0 Å². The first-order valence-corrected chi connectivity index (χ1v) is 12.2. The number of piperazine rings is 1. The van der Waals surface area contributed by atoms with Crippen molar-refractivity contribution < 1.29 is 23.5 Å². The first kappa shape index (κ1) is 24.6. The summed E-state index contributed by atoms with van der Waals surface area (Å²) < 4.78 is 23.8. The standard InChI is InChI=1S/C25H27FN4O4S/c1-33-22-6-3-2-5-21(22)30-14-12-29(13-15-30)11-4-16-34-24(32)20-17-35-25(27-20)28-23(31)18-7-9-19(26)10-8-18/h2-3,5-10,17H,4,11-16H2,1H3,(H,27,28,31). The normalized spacial score (nSPS) is 13.9. The van der Waals surface area contributed by atoms with Gasteiger partial charge in [-0.05, 0) is 42.8 Å². The van der Waals surface area contributed by atoms with E-state index in [1.54, 1.807) is 12.5 Å². The number of methoxy groups -OCH3 is 1. The minimum atomic E-state index is -0.524. The van der Waals surface area contributed by atoms with Crippen molar-refractivity contribution in [1.29, 1.82) is 0 Å². The van der Waals surface area contributed by atoms with Crippen LogP contribution >= 0.6 is 11.3 Å². The highest BCUT2D eigenvalue weighted by Crippen LogP contribution is 2.28. The Hall–Kier alpha value is -3.50. The zero-order chi connectivity index (χ0) is 24.6. The zero-order valence-corrected chi connectivity index (χ0v) is 20.2. The smallest absolute Gasteiger partial charge is 0.357 e. The first-order chi connectivity index (χ1) is 17.0. The third-order valence-corrected chi connectivity index (χ3v) is 6.45. The first-order valence-electron chi connectivity index (χ1n) is 11.3. The lowest BCUT2D eigenvalue weighted by Gasteiger charge is -2.36. The maximum Gasteiger partial charge on any atom is 0.357 e. The molecule has 2 aromatic carbocycles. The molecule has 1 aliphatic heterocycles. The minimum absolute atomic E-state index is 0.148. The Morgan fingerprint density at radius 3 is 2.57 bits per heavy atom. The van der Waals surface area contributed by atoms with Crippen LogP contribution in [0.3, 0.4) is 0 Å². The number of para-hydroxylation sites is 2. The molecule has 0 unspecified atom stereocenters. The Morgan fingerprint density at radius 1 is 1.09 bits per heavy atom. The van der Waals surface area contributed by atoms with Gasteiger partial charge in [0.2, 0.25) is 0 Å². The van der Waals surface area contributed by atoms with Gasteiger partial charge in [-0.15, -0.1) is 11.3 Å². The quantitative estimate of drug-likeness (QED) is 0.354. The summed E-state index contributed by atoms with van der Waals surface area (Å²) in [4.78, 5) is 33.3. The summed E-state index contributed by atoms with van der Waals surface area (Å²) in [7, 11) is 1.69. The van der Waals surface area contributed by atoms with Crippen molar-refractivity contribution in [1.82, 2.24) is 9.88 Å². The Bertz CT molecular complexity index is 1150. The van der Waals surface area contributed by atoms with Crippen LogP contribution in [-0.4, -0.2) is 68.2 Å². The summed E-state index contributed by atoms with van der Waals surface area (Å²) >= 11 is 1.13. The molecule has 0 atom stereocenters. The Morgan fingerprint density at radius 2 is 1.83 bits per heavy atom. The maximum atomic E-state index is 13.0. The molecule has 0 spiro atoms. The third-order valence-electron chi connectivity index (χ3n) is 5.69. The summed E-state index contributed by atoms with van der Waals surface area (Å²) in [5.41, 5.74) is 1.56. The number of nitrogens with one attached hydrogen (secondary N) is 1. The van der Waals surface area contributed by atoms with Crippen LogP contribution < -0.4 is 15.0 Å². The van der Waals surface area contributed by atoms with E-state index in [-0.39, 0.29) is 10.8 Å². The van der Waals surface area contributed by atoms with Gasteiger partial charge in [0.05, 0.1) is 19.4 Å². The molecule has 1 N–H and O–H groups in total. The molecule has 1 aromatic heterocycles. The number of amides is 1. The zero-order valence-electron chi connectivity index (χ0n) is 19.4. The van der Waals surface area contributed by atoms with Crippen molar-refractivity contribution in [2.75, 3.05) is 56.7 Å². The highest BCUT2D eigenvalue weighted by atomic mass is 32.1. The van der Waals surface area contributed by atoms with Gasteiger partial charge < -0.3 is 14.4 Å². The molecular formula is C25H27FN4O4S. The van der Waals surface area contributed by atoms with E-state index in [4.69, 9.17) is 9.47 Å². The molecule has 2 heterocycles. The fourth-order valence-electron chi connectivity index (χ4n) is 3.83. The highest BCUT2D eigenvalue weighted by Gasteiger charge is 2.20. The van der Waals surface area contributed by atoms with Crippen LogP contribution in [0.2, 0.25) is 0 Å². The van der Waals surface area contributed by atoms with Crippen molar-refractivity contribution in [3.8, 4) is 5.75 Å². The molecule has 0 aliphatic carbocycles. The summed E-state index contributed by atoms with van der Waals surface area (Å²) in [5, 5.41) is 4.42. The van der Waals surface area contributed by atoms with E-state index in [1.165, 1.54) is 24.3 Å². The van der Waals surface area contributed by atoms with Gasteiger partial charge in [-0.3, -0.25) is 15.0 Å². The van der Waals surface area contributed by atoms with Gasteiger partial charge in [0.25, 0.3) is 5.91 Å². The number of carbonyl (C=O) groups excluding carboxylic acids is 2. The summed E-state index contributed by atoms with van der Waals surface area (Å²) in [5.74, 6) is -0.487. The SMILES string of the molecule is COc1ccccc1N1CCN(CCCOC(=O)c2csc(NC(=O)c3ccc(F)cc3)n2)CC1. The number of esters is 1. The molecule has 8 nitrogen and oxygen atoms in total. The Labute approximate surface area is 207 Å². The molecule has 1 aliphatic rings. The van der Waals surface area contributed by atoms with Crippen LogP contribution in [0.15, 0.2) is 53.9 Å². The van der Waals surface area contributed by atoms with Gasteiger partial charge in [0, 0.05) is 43.7 Å². The number of nitrogens with zero attached hydrogens (tertiary/aromatic N) is 3. The van der Waals surface area contributed by atoms with Crippen molar-refractivity contribution in [2.45, 2.75) is 6.42 Å². The van der Waals surface area contributed by atoms with E-state index >= 15 is 0 Å². The van der Waals surface area contributed by atoms with Gasteiger partial charge in [-0.25, -0.2) is 14.2 Å². The van der Waals surface area contributed by atoms with E-state index in [1.807, 2.05) is 18.2 Å². The third kappa shape index (κ3) is 6.55. The number of hydrogen-bond acceptors (Lipinski definition) is 8. The van der Waals surface area contributed by atoms with Crippen molar-refractivity contribution >= 4 is 34.0 Å². The fraction of sp³-hybridized carbons (Fsp3) is 0.320. The molecule has 184 valence electrons. The topological polar surface area (TPSA) is 84.0 Å². The van der Waals surface area contributed by atoms with E-state index < -0.39 is 17.7 Å². The van der Waals surface area contributed by atoms with E-state index in [0.29, 0.717) is 12.2 Å². The molecule has 1 saturated heterocycles. The van der Waals surface area contributed by atoms with Crippen molar-refractivity contribution in [3.63, 3.8) is 0 Å². The number of ether oxygens (including phenoxy) is 2. The average molecular weight is 499 g/mol. The average Bonchev–Trinajstić information content (AvgIpc) is 3.36. The minimum Gasteiger partial charge on any atom is -0.495 e. The molecule has 10 heteroatoms. The molecule has 0 saturated carbocycles. The largest absolute Gasteiger partial charge is 0.495 e. The summed E-state index contributed by atoms with van der Waals surface area (Å²) in [6.45, 7) is 4.80. The maximum absolute atomic E-state index is 13.0. The van der Waals surface area contributed by atoms with Crippen LogP contribution in [0, 0.1) is 5.82 Å². The van der Waals surface area contributed by atoms with E-state index in [0.717, 1.165) is 61.9 Å². The van der Waals surface area contributed by atoms with Gasteiger partial charge >= 0.3 is 5.97 Å². The lowest BCUT2D eigenvalue weighted by molar-refractivity contribution is 0.0481. The van der Waals surface area contributed by atoms with E-state index in [9.17, 15) is 14.0 Å². The lowest BCUT2D eigenvalue weighted by atomic mass is 10.2. The number of aromatic nitrogens is 1. The van der Waals surface area contributed by atoms with Crippen molar-refractivity contribution in [3.05, 3.63) is 71.0 Å². The van der Waals surface area contributed by atoms with Gasteiger partial charge in [-0.2, -0.15) is 0 Å². The Kier molecular flexibility index (Phi) is 8.27. The molecule has 4 rings (SSSR count). The van der Waals surface area contributed by atoms with Gasteiger partial charge in [0.1, 0.15) is 11.6 Å². The number of benzene rings is 2. The Balaban J connectivity index is 1.16. The van der Waals surface area contributed by atoms with Crippen LogP contribution in [0.4, 0.5) is 15.2 Å².